The van der Waals surface area contributed by atoms with Crippen molar-refractivity contribution in [3.05, 3.63) is 23.1 Å². The summed E-state index contributed by atoms with van der Waals surface area (Å²) in [6.45, 7) is 1.97. The van der Waals surface area contributed by atoms with Gasteiger partial charge in [0.2, 0.25) is 0 Å². The molecule has 0 aliphatic carbocycles. The first-order chi connectivity index (χ1) is 4.74. The van der Waals surface area contributed by atoms with Crippen LogP contribution in [0.1, 0.15) is 11.5 Å². The van der Waals surface area contributed by atoms with Crippen molar-refractivity contribution in [3.63, 3.8) is 0 Å². The number of thiol groups is 1. The van der Waals surface area contributed by atoms with Crippen molar-refractivity contribution in [3.8, 4) is 0 Å². The summed E-state index contributed by atoms with van der Waals surface area (Å²) in [7, 11) is 1.96. The molecule has 1 rings (SSSR count). The zero-order valence-corrected chi connectivity index (χ0v) is 6.97. The average molecular weight is 154 g/mol. The molecular weight excluding hydrogens is 144 g/mol. The number of imidazole rings is 1. The first kappa shape index (κ1) is 7.41. The molecule has 0 spiro atoms. The van der Waals surface area contributed by atoms with Gasteiger partial charge in [-0.05, 0) is 18.4 Å². The van der Waals surface area contributed by atoms with Crippen LogP contribution in [0.2, 0.25) is 0 Å². The normalized spacial score (nSPS) is 11.1. The Balaban J connectivity index is 3.03. The lowest BCUT2D eigenvalue weighted by Crippen LogP contribution is -1.87. The summed E-state index contributed by atoms with van der Waals surface area (Å²) in [5, 5.41) is 1.68. The van der Waals surface area contributed by atoms with Crippen LogP contribution in [0.5, 0.6) is 0 Å². The van der Waals surface area contributed by atoms with Gasteiger partial charge in [-0.25, -0.2) is 4.98 Å². The molecule has 3 heteroatoms. The Labute approximate surface area is 66.0 Å². The van der Waals surface area contributed by atoms with E-state index < -0.39 is 0 Å². The van der Waals surface area contributed by atoms with Crippen LogP contribution in [0.4, 0.5) is 0 Å². The van der Waals surface area contributed by atoms with Crippen LogP contribution >= 0.6 is 12.6 Å². The summed E-state index contributed by atoms with van der Waals surface area (Å²) in [4.78, 5) is 4.23. The number of aromatic nitrogens is 2. The van der Waals surface area contributed by atoms with Gasteiger partial charge in [0.25, 0.3) is 0 Å². The van der Waals surface area contributed by atoms with Gasteiger partial charge >= 0.3 is 0 Å². The van der Waals surface area contributed by atoms with Gasteiger partial charge in [-0.15, -0.1) is 0 Å². The Morgan fingerprint density at radius 2 is 2.40 bits per heavy atom. The van der Waals surface area contributed by atoms with Gasteiger partial charge in [-0.3, -0.25) is 0 Å². The molecule has 0 aliphatic heterocycles. The number of aryl methyl sites for hydroxylation is 2. The van der Waals surface area contributed by atoms with E-state index in [-0.39, 0.29) is 0 Å². The maximum atomic E-state index is 4.23. The van der Waals surface area contributed by atoms with E-state index in [0.717, 1.165) is 11.5 Å². The molecule has 2 nitrogen and oxygen atoms in total. The van der Waals surface area contributed by atoms with E-state index in [9.17, 15) is 0 Å². The lowest BCUT2D eigenvalue weighted by atomic mass is 10.6. The minimum Gasteiger partial charge on any atom is -0.334 e. The number of rotatable bonds is 1. The highest BCUT2D eigenvalue weighted by Gasteiger charge is 1.95. The minimum absolute atomic E-state index is 0.938. The molecule has 0 N–H and O–H groups in total. The highest BCUT2D eigenvalue weighted by atomic mass is 32.1. The van der Waals surface area contributed by atoms with Gasteiger partial charge in [-0.1, -0.05) is 0 Å². The fourth-order valence-electron chi connectivity index (χ4n) is 0.856. The molecule has 0 radical (unpaired) electrons. The maximum absolute atomic E-state index is 4.23. The van der Waals surface area contributed by atoms with Crippen molar-refractivity contribution in [1.29, 1.82) is 0 Å². The summed E-state index contributed by atoms with van der Waals surface area (Å²) >= 11 is 3.95. The van der Waals surface area contributed by atoms with E-state index in [4.69, 9.17) is 0 Å². The van der Waals surface area contributed by atoms with Crippen LogP contribution in [0.25, 0.3) is 6.08 Å². The zero-order valence-electron chi connectivity index (χ0n) is 6.07. The summed E-state index contributed by atoms with van der Waals surface area (Å²) in [5.41, 5.74) is 1.03. The van der Waals surface area contributed by atoms with Gasteiger partial charge in [0.1, 0.15) is 5.82 Å². The second-order valence-electron chi connectivity index (χ2n) is 2.17. The zero-order chi connectivity index (χ0) is 7.56. The number of hydrogen-bond acceptors (Lipinski definition) is 2. The largest absolute Gasteiger partial charge is 0.334 e. The van der Waals surface area contributed by atoms with Gasteiger partial charge in [0.05, 0.1) is 5.69 Å². The fraction of sp³-hybridized carbons (Fsp3) is 0.286. The Morgan fingerprint density at radius 3 is 2.80 bits per heavy atom. The molecule has 0 fully saturated rings. The van der Waals surface area contributed by atoms with E-state index in [1.54, 1.807) is 5.41 Å². The third-order valence-electron chi connectivity index (χ3n) is 1.26. The standard InChI is InChI=1S/C7H10N2S/c1-6-5-9(2)7(8-6)3-4-10/h3-5,10H,1-2H3. The van der Waals surface area contributed by atoms with E-state index in [1.165, 1.54) is 0 Å². The van der Waals surface area contributed by atoms with Crippen molar-refractivity contribution >= 4 is 18.7 Å². The monoisotopic (exact) mass is 154 g/mol. The molecule has 0 unspecified atom stereocenters. The second-order valence-corrected chi connectivity index (χ2v) is 2.47. The summed E-state index contributed by atoms with van der Waals surface area (Å²) in [6.07, 6.45) is 3.83. The summed E-state index contributed by atoms with van der Waals surface area (Å²) in [5.74, 6) is 0.938. The molecule has 0 saturated carbocycles. The molecule has 0 atom stereocenters. The number of nitrogens with zero attached hydrogens (tertiary/aromatic N) is 2. The van der Waals surface area contributed by atoms with E-state index >= 15 is 0 Å². The molecule has 0 bridgehead atoms. The maximum Gasteiger partial charge on any atom is 0.133 e. The highest BCUT2D eigenvalue weighted by molar-refractivity contribution is 7.83. The second kappa shape index (κ2) is 2.92. The molecule has 10 heavy (non-hydrogen) atoms. The molecule has 0 aromatic carbocycles. The lowest BCUT2D eigenvalue weighted by molar-refractivity contribution is 0.897. The van der Waals surface area contributed by atoms with Crippen LogP contribution in [0.3, 0.4) is 0 Å². The van der Waals surface area contributed by atoms with Gasteiger partial charge in [-0.2, -0.15) is 12.6 Å². The van der Waals surface area contributed by atoms with E-state index in [1.807, 2.05) is 30.8 Å². The molecule has 0 saturated heterocycles. The van der Waals surface area contributed by atoms with Crippen molar-refractivity contribution in [2.24, 2.45) is 7.05 Å². The topological polar surface area (TPSA) is 17.8 Å². The van der Waals surface area contributed by atoms with E-state index in [0.29, 0.717) is 0 Å². The van der Waals surface area contributed by atoms with Crippen molar-refractivity contribution < 1.29 is 0 Å². The predicted octanol–water partition coefficient (Wildman–Crippen LogP) is 1.63. The van der Waals surface area contributed by atoms with Gasteiger partial charge < -0.3 is 4.57 Å². The molecule has 1 heterocycles. The average Bonchev–Trinajstić information content (AvgIpc) is 2.13. The Bertz CT molecular complexity index is 250. The quantitative estimate of drug-likeness (QED) is 0.609. The van der Waals surface area contributed by atoms with Crippen molar-refractivity contribution in [2.45, 2.75) is 6.92 Å². The molecule has 1 aromatic rings. The third kappa shape index (κ3) is 1.42. The summed E-state index contributed by atoms with van der Waals surface area (Å²) < 4.78 is 1.96. The van der Waals surface area contributed by atoms with E-state index in [2.05, 4.69) is 17.6 Å². The molecule has 0 aliphatic rings. The predicted molar refractivity (Wildman–Crippen MR) is 46.0 cm³/mol. The number of hydrogen-bond donors (Lipinski definition) is 1. The lowest BCUT2D eigenvalue weighted by Gasteiger charge is -1.90. The smallest absolute Gasteiger partial charge is 0.133 e. The minimum atomic E-state index is 0.938. The van der Waals surface area contributed by atoms with Crippen LogP contribution in [-0.4, -0.2) is 9.55 Å². The molecular formula is C7H10N2S. The fourth-order valence-corrected chi connectivity index (χ4v) is 0.990. The van der Waals surface area contributed by atoms with Crippen molar-refractivity contribution in [1.82, 2.24) is 9.55 Å². The van der Waals surface area contributed by atoms with Crippen molar-refractivity contribution in [2.75, 3.05) is 0 Å². The first-order valence-corrected chi connectivity index (χ1v) is 3.56. The first-order valence-electron chi connectivity index (χ1n) is 3.05. The molecule has 0 amide bonds. The third-order valence-corrected chi connectivity index (χ3v) is 1.41. The SMILES string of the molecule is Cc1cn(C)c(C=CS)n1. The Hall–Kier alpha value is -0.700. The van der Waals surface area contributed by atoms with Crippen LogP contribution in [0, 0.1) is 6.92 Å². The Kier molecular flexibility index (Phi) is 2.17. The van der Waals surface area contributed by atoms with Crippen LogP contribution in [0.15, 0.2) is 11.6 Å². The molecule has 1 aromatic heterocycles. The summed E-state index contributed by atoms with van der Waals surface area (Å²) in [6, 6.07) is 0. The van der Waals surface area contributed by atoms with Gasteiger partial charge in [0, 0.05) is 13.2 Å². The molecule has 54 valence electrons. The highest BCUT2D eigenvalue weighted by Crippen LogP contribution is 2.01. The van der Waals surface area contributed by atoms with Crippen LogP contribution in [-0.2, 0) is 7.05 Å². The Morgan fingerprint density at radius 1 is 1.70 bits per heavy atom. The van der Waals surface area contributed by atoms with Gasteiger partial charge in [0.15, 0.2) is 0 Å². The van der Waals surface area contributed by atoms with Crippen LogP contribution < -0.4 is 0 Å².